The molecule has 2 atom stereocenters. The number of hydrogen-bond donors (Lipinski definition) is 2. The van der Waals surface area contributed by atoms with E-state index in [0.29, 0.717) is 13.0 Å². The molecule has 19 heavy (non-hydrogen) atoms. The fourth-order valence-electron chi connectivity index (χ4n) is 2.60. The third-order valence-corrected chi connectivity index (χ3v) is 5.86. The van der Waals surface area contributed by atoms with Crippen LogP contribution in [0.3, 0.4) is 0 Å². The Hall–Kier alpha value is -0.180. The van der Waals surface area contributed by atoms with Crippen molar-refractivity contribution in [3.63, 3.8) is 0 Å². The summed E-state index contributed by atoms with van der Waals surface area (Å²) in [6.07, 6.45) is 4.75. The minimum absolute atomic E-state index is 0.0874. The monoisotopic (exact) mass is 312 g/mol. The molecule has 1 aliphatic rings. The molecule has 114 valence electrons. The lowest BCUT2D eigenvalue weighted by Crippen LogP contribution is -2.53. The van der Waals surface area contributed by atoms with Crippen LogP contribution in [-0.4, -0.2) is 52.7 Å². The van der Waals surface area contributed by atoms with Gasteiger partial charge in [0.2, 0.25) is 10.0 Å². The molecule has 1 rings (SSSR count). The van der Waals surface area contributed by atoms with Crippen LogP contribution in [0.5, 0.6) is 0 Å². The van der Waals surface area contributed by atoms with Crippen molar-refractivity contribution in [2.24, 2.45) is 0 Å². The number of rotatable bonds is 6. The van der Waals surface area contributed by atoms with E-state index in [2.05, 4.69) is 10.0 Å². The number of sulfone groups is 1. The quantitative estimate of drug-likeness (QED) is 0.713. The van der Waals surface area contributed by atoms with Crippen molar-refractivity contribution in [1.29, 1.82) is 0 Å². The van der Waals surface area contributed by atoms with Crippen molar-refractivity contribution >= 4 is 19.9 Å². The first-order chi connectivity index (χ1) is 8.41. The third-order valence-electron chi connectivity index (χ3n) is 3.27. The maximum Gasteiger partial charge on any atom is 0.209 e. The first-order valence-electron chi connectivity index (χ1n) is 6.32. The van der Waals surface area contributed by atoms with Gasteiger partial charge in [-0.2, -0.15) is 0 Å². The summed E-state index contributed by atoms with van der Waals surface area (Å²) >= 11 is 0. The minimum Gasteiger partial charge on any atom is -0.311 e. The first-order valence-corrected chi connectivity index (χ1v) is 10.2. The summed E-state index contributed by atoms with van der Waals surface area (Å²) in [5.74, 6) is 0. The summed E-state index contributed by atoms with van der Waals surface area (Å²) in [5, 5.41) is 2.84. The van der Waals surface area contributed by atoms with Crippen LogP contribution in [0.25, 0.3) is 0 Å². The van der Waals surface area contributed by atoms with E-state index in [1.165, 1.54) is 6.26 Å². The molecule has 0 spiro atoms. The second kappa shape index (κ2) is 5.67. The summed E-state index contributed by atoms with van der Waals surface area (Å²) in [4.78, 5) is 0. The molecule has 0 amide bonds. The predicted octanol–water partition coefficient (Wildman–Crippen LogP) is -0.130. The van der Waals surface area contributed by atoms with Crippen LogP contribution in [0, 0.1) is 0 Å². The van der Waals surface area contributed by atoms with Gasteiger partial charge in [-0.25, -0.2) is 21.6 Å². The second-order valence-corrected chi connectivity index (χ2v) is 10.1. The molecule has 0 heterocycles. The van der Waals surface area contributed by atoms with Crippen LogP contribution in [0.1, 0.15) is 33.1 Å². The fourth-order valence-corrected chi connectivity index (χ4v) is 5.10. The molecule has 1 fully saturated rings. The molecule has 0 radical (unpaired) electrons. The Morgan fingerprint density at radius 3 is 2.16 bits per heavy atom. The van der Waals surface area contributed by atoms with Gasteiger partial charge in [0.1, 0.15) is 0 Å². The highest BCUT2D eigenvalue weighted by atomic mass is 32.2. The largest absolute Gasteiger partial charge is 0.311 e. The van der Waals surface area contributed by atoms with Crippen LogP contribution in [0.2, 0.25) is 0 Å². The second-order valence-electron chi connectivity index (χ2n) is 6.04. The van der Waals surface area contributed by atoms with Gasteiger partial charge >= 0.3 is 0 Å². The number of sulfonamides is 1. The van der Waals surface area contributed by atoms with Gasteiger partial charge in [0.15, 0.2) is 9.84 Å². The van der Waals surface area contributed by atoms with Crippen molar-refractivity contribution in [2.45, 2.75) is 49.9 Å². The molecule has 2 unspecified atom stereocenters. The van der Waals surface area contributed by atoms with Crippen LogP contribution < -0.4 is 10.0 Å². The lowest BCUT2D eigenvalue weighted by Gasteiger charge is -2.29. The van der Waals surface area contributed by atoms with Gasteiger partial charge in [-0.3, -0.25) is 0 Å². The van der Waals surface area contributed by atoms with Crippen molar-refractivity contribution in [3.8, 4) is 0 Å². The zero-order valence-electron chi connectivity index (χ0n) is 11.9. The Balaban J connectivity index is 2.61. The molecule has 0 aromatic carbocycles. The fraction of sp³-hybridized carbons (Fsp3) is 1.00. The summed E-state index contributed by atoms with van der Waals surface area (Å²) in [5.41, 5.74) is -0.641. The Kier molecular flexibility index (Phi) is 5.03. The maximum atomic E-state index is 11.6. The minimum atomic E-state index is -3.28. The van der Waals surface area contributed by atoms with Crippen LogP contribution in [0.4, 0.5) is 0 Å². The zero-order chi connectivity index (χ0) is 14.9. The Morgan fingerprint density at radius 2 is 1.68 bits per heavy atom. The zero-order valence-corrected chi connectivity index (χ0v) is 13.6. The van der Waals surface area contributed by atoms with Crippen molar-refractivity contribution in [2.75, 3.05) is 19.1 Å². The van der Waals surface area contributed by atoms with Gasteiger partial charge < -0.3 is 5.32 Å². The van der Waals surface area contributed by atoms with Gasteiger partial charge in [-0.1, -0.05) is 6.42 Å². The SMILES string of the molecule is CC(C)(CNC1CCCC1S(C)(=O)=O)NS(C)(=O)=O. The van der Waals surface area contributed by atoms with Crippen LogP contribution >= 0.6 is 0 Å². The highest BCUT2D eigenvalue weighted by molar-refractivity contribution is 7.91. The Bertz CT molecular complexity index is 511. The summed E-state index contributed by atoms with van der Waals surface area (Å²) < 4.78 is 48.3. The molecule has 1 saturated carbocycles. The third kappa shape index (κ3) is 5.76. The molecule has 0 aromatic rings. The van der Waals surface area contributed by atoms with E-state index in [1.54, 1.807) is 13.8 Å². The van der Waals surface area contributed by atoms with Gasteiger partial charge in [-0.05, 0) is 26.7 Å². The van der Waals surface area contributed by atoms with E-state index in [4.69, 9.17) is 0 Å². The van der Waals surface area contributed by atoms with Crippen molar-refractivity contribution in [1.82, 2.24) is 10.0 Å². The van der Waals surface area contributed by atoms with E-state index in [-0.39, 0.29) is 11.3 Å². The molecule has 0 saturated heterocycles. The highest BCUT2D eigenvalue weighted by Gasteiger charge is 2.35. The van der Waals surface area contributed by atoms with Gasteiger partial charge in [0.25, 0.3) is 0 Å². The summed E-state index contributed by atoms with van der Waals surface area (Å²) in [6.45, 7) is 3.94. The Labute approximate surface area is 116 Å². The molecule has 0 aromatic heterocycles. The number of hydrogen-bond acceptors (Lipinski definition) is 5. The van der Waals surface area contributed by atoms with Gasteiger partial charge in [0, 0.05) is 24.4 Å². The van der Waals surface area contributed by atoms with Crippen LogP contribution in [-0.2, 0) is 19.9 Å². The molecule has 1 aliphatic carbocycles. The van der Waals surface area contributed by atoms with E-state index >= 15 is 0 Å². The molecule has 0 aliphatic heterocycles. The highest BCUT2D eigenvalue weighted by Crippen LogP contribution is 2.25. The topological polar surface area (TPSA) is 92.3 Å². The van der Waals surface area contributed by atoms with E-state index < -0.39 is 25.4 Å². The average molecular weight is 312 g/mol. The number of nitrogens with one attached hydrogen (secondary N) is 2. The predicted molar refractivity (Wildman–Crippen MR) is 76.3 cm³/mol. The van der Waals surface area contributed by atoms with Crippen LogP contribution in [0.15, 0.2) is 0 Å². The molecule has 0 bridgehead atoms. The first kappa shape index (κ1) is 16.9. The average Bonchev–Trinajstić information content (AvgIpc) is 2.57. The molecular formula is C11H24N2O4S2. The standard InChI is InChI=1S/C11H24N2O4S2/c1-11(2,13-19(4,16)17)8-12-9-6-5-7-10(9)18(3,14)15/h9-10,12-13H,5-8H2,1-4H3. The lowest BCUT2D eigenvalue weighted by atomic mass is 10.1. The van der Waals surface area contributed by atoms with E-state index in [0.717, 1.165) is 19.1 Å². The van der Waals surface area contributed by atoms with Crippen molar-refractivity contribution < 1.29 is 16.8 Å². The van der Waals surface area contributed by atoms with E-state index in [1.807, 2.05) is 0 Å². The van der Waals surface area contributed by atoms with Gasteiger partial charge in [-0.15, -0.1) is 0 Å². The molecule has 2 N–H and O–H groups in total. The molecule has 8 heteroatoms. The smallest absolute Gasteiger partial charge is 0.209 e. The van der Waals surface area contributed by atoms with E-state index in [9.17, 15) is 16.8 Å². The van der Waals surface area contributed by atoms with Gasteiger partial charge in [0.05, 0.1) is 11.5 Å². The summed E-state index contributed by atoms with van der Waals surface area (Å²) in [6, 6.07) is -0.0874. The van der Waals surface area contributed by atoms with Crippen molar-refractivity contribution in [3.05, 3.63) is 0 Å². The summed E-state index contributed by atoms with van der Waals surface area (Å²) in [7, 11) is -6.33. The lowest BCUT2D eigenvalue weighted by molar-refractivity contribution is 0.388. The molecule has 6 nitrogen and oxygen atoms in total. The maximum absolute atomic E-state index is 11.6. The Morgan fingerprint density at radius 1 is 1.11 bits per heavy atom. The molecular weight excluding hydrogens is 288 g/mol. The normalized spacial score (nSPS) is 25.7.